The van der Waals surface area contributed by atoms with Gasteiger partial charge in [0.05, 0.1) is 24.8 Å². The zero-order valence-electron chi connectivity index (χ0n) is 17.2. The van der Waals surface area contributed by atoms with Crippen LogP contribution in [0, 0.1) is 5.92 Å². The van der Waals surface area contributed by atoms with Gasteiger partial charge in [-0.2, -0.15) is 0 Å². The standard InChI is InChI=1S/C21H34N4O3/c1-3-27-20(26)17-9-7-13-25(16-17)21(22-2)23-15-18(19-10-8-14-28-19)24-11-5-4-6-12-24/h8,10,14,17-18H,3-7,9,11-13,15-16H2,1-2H3,(H,22,23). The summed E-state index contributed by atoms with van der Waals surface area (Å²) in [6, 6.07) is 4.20. The van der Waals surface area contributed by atoms with E-state index in [2.05, 4.69) is 26.2 Å². The van der Waals surface area contributed by atoms with Gasteiger partial charge in [0.2, 0.25) is 0 Å². The van der Waals surface area contributed by atoms with Crippen molar-refractivity contribution < 1.29 is 13.9 Å². The van der Waals surface area contributed by atoms with Crippen molar-refractivity contribution >= 4 is 11.9 Å². The Morgan fingerprint density at radius 2 is 2.14 bits per heavy atom. The lowest BCUT2D eigenvalue weighted by atomic mass is 9.98. The number of aliphatic imine (C=N–C) groups is 1. The first-order valence-corrected chi connectivity index (χ1v) is 10.6. The molecule has 156 valence electrons. The van der Waals surface area contributed by atoms with Crippen LogP contribution in [0.2, 0.25) is 0 Å². The van der Waals surface area contributed by atoms with E-state index in [1.165, 1.54) is 19.3 Å². The Morgan fingerprint density at radius 1 is 1.32 bits per heavy atom. The fourth-order valence-corrected chi connectivity index (χ4v) is 4.26. The van der Waals surface area contributed by atoms with Gasteiger partial charge in [-0.3, -0.25) is 14.7 Å². The van der Waals surface area contributed by atoms with Crippen molar-refractivity contribution in [1.82, 2.24) is 15.1 Å². The minimum Gasteiger partial charge on any atom is -0.468 e. The Labute approximate surface area is 168 Å². The van der Waals surface area contributed by atoms with Gasteiger partial charge in [-0.05, 0) is 57.8 Å². The first-order chi connectivity index (χ1) is 13.7. The van der Waals surface area contributed by atoms with Crippen LogP contribution in [0.15, 0.2) is 27.8 Å². The zero-order valence-corrected chi connectivity index (χ0v) is 17.2. The molecule has 2 atom stereocenters. The van der Waals surface area contributed by atoms with Gasteiger partial charge in [-0.1, -0.05) is 6.42 Å². The highest BCUT2D eigenvalue weighted by molar-refractivity contribution is 5.81. The number of furan rings is 1. The fourth-order valence-electron chi connectivity index (χ4n) is 4.26. The molecule has 7 heteroatoms. The molecule has 3 heterocycles. The molecule has 0 bridgehead atoms. The van der Waals surface area contributed by atoms with Crippen LogP contribution in [-0.4, -0.2) is 68.1 Å². The number of esters is 1. The lowest BCUT2D eigenvalue weighted by Crippen LogP contribution is -2.50. The summed E-state index contributed by atoms with van der Waals surface area (Å²) in [7, 11) is 1.80. The molecule has 2 unspecified atom stereocenters. The number of nitrogens with one attached hydrogen (secondary N) is 1. The first-order valence-electron chi connectivity index (χ1n) is 10.6. The van der Waals surface area contributed by atoms with E-state index >= 15 is 0 Å². The molecular weight excluding hydrogens is 356 g/mol. The van der Waals surface area contributed by atoms with Crippen molar-refractivity contribution in [2.24, 2.45) is 10.9 Å². The molecule has 0 spiro atoms. The maximum absolute atomic E-state index is 12.2. The lowest BCUT2D eigenvalue weighted by molar-refractivity contribution is -0.149. The van der Waals surface area contributed by atoms with Crippen molar-refractivity contribution in [2.45, 2.75) is 45.1 Å². The van der Waals surface area contributed by atoms with Gasteiger partial charge >= 0.3 is 5.97 Å². The SMILES string of the molecule is CCOC(=O)C1CCCN(C(=NC)NCC(c2ccco2)N2CCCCC2)C1. The molecular formula is C21H34N4O3. The van der Waals surface area contributed by atoms with E-state index in [0.29, 0.717) is 13.2 Å². The molecule has 0 aromatic carbocycles. The van der Waals surface area contributed by atoms with Crippen molar-refractivity contribution in [3.8, 4) is 0 Å². The number of likely N-dealkylation sites (tertiary alicyclic amines) is 2. The molecule has 1 aromatic heterocycles. The molecule has 0 saturated carbocycles. The second kappa shape index (κ2) is 10.5. The van der Waals surface area contributed by atoms with Crippen LogP contribution in [0.3, 0.4) is 0 Å². The minimum absolute atomic E-state index is 0.0739. The van der Waals surface area contributed by atoms with E-state index < -0.39 is 0 Å². The molecule has 2 aliphatic heterocycles. The molecule has 2 saturated heterocycles. The van der Waals surface area contributed by atoms with Crippen LogP contribution in [-0.2, 0) is 9.53 Å². The third kappa shape index (κ3) is 5.28. The highest BCUT2D eigenvalue weighted by Gasteiger charge is 2.30. The summed E-state index contributed by atoms with van der Waals surface area (Å²) in [6.07, 6.45) is 7.38. The topological polar surface area (TPSA) is 70.3 Å². The van der Waals surface area contributed by atoms with Crippen molar-refractivity contribution in [1.29, 1.82) is 0 Å². The highest BCUT2D eigenvalue weighted by Crippen LogP contribution is 2.25. The van der Waals surface area contributed by atoms with Crippen LogP contribution < -0.4 is 5.32 Å². The van der Waals surface area contributed by atoms with Gasteiger partial charge in [0.1, 0.15) is 5.76 Å². The Hall–Kier alpha value is -2.02. The van der Waals surface area contributed by atoms with Crippen LogP contribution in [0.1, 0.15) is 50.8 Å². The molecule has 1 aromatic rings. The third-order valence-corrected chi connectivity index (χ3v) is 5.71. The molecule has 0 amide bonds. The van der Waals surface area contributed by atoms with Gasteiger partial charge in [0, 0.05) is 26.7 Å². The number of guanidine groups is 1. The van der Waals surface area contributed by atoms with E-state index in [1.54, 1.807) is 13.3 Å². The van der Waals surface area contributed by atoms with Crippen molar-refractivity contribution in [2.75, 3.05) is 46.4 Å². The van der Waals surface area contributed by atoms with Crippen LogP contribution >= 0.6 is 0 Å². The number of hydrogen-bond donors (Lipinski definition) is 1. The molecule has 2 fully saturated rings. The highest BCUT2D eigenvalue weighted by atomic mass is 16.5. The number of nitrogens with zero attached hydrogens (tertiary/aromatic N) is 3. The van der Waals surface area contributed by atoms with E-state index in [0.717, 1.165) is 50.7 Å². The van der Waals surface area contributed by atoms with Crippen LogP contribution in [0.4, 0.5) is 0 Å². The van der Waals surface area contributed by atoms with Gasteiger partial charge in [0.15, 0.2) is 5.96 Å². The van der Waals surface area contributed by atoms with Crippen molar-refractivity contribution in [3.05, 3.63) is 24.2 Å². The predicted molar refractivity (Wildman–Crippen MR) is 109 cm³/mol. The molecule has 1 N–H and O–H groups in total. The number of hydrogen-bond acceptors (Lipinski definition) is 5. The van der Waals surface area contributed by atoms with Crippen LogP contribution in [0.5, 0.6) is 0 Å². The van der Waals surface area contributed by atoms with E-state index in [9.17, 15) is 4.79 Å². The van der Waals surface area contributed by atoms with Gasteiger partial charge < -0.3 is 19.4 Å². The van der Waals surface area contributed by atoms with Crippen LogP contribution in [0.25, 0.3) is 0 Å². The summed E-state index contributed by atoms with van der Waals surface area (Å²) >= 11 is 0. The zero-order chi connectivity index (χ0) is 19.8. The normalized spacial score (nSPS) is 22.7. The van der Waals surface area contributed by atoms with E-state index in [1.807, 2.05) is 13.0 Å². The summed E-state index contributed by atoms with van der Waals surface area (Å²) in [4.78, 5) is 21.3. The second-order valence-electron chi connectivity index (χ2n) is 7.59. The average molecular weight is 391 g/mol. The molecule has 3 rings (SSSR count). The number of carbonyl (C=O) groups excluding carboxylic acids is 1. The molecule has 28 heavy (non-hydrogen) atoms. The van der Waals surface area contributed by atoms with E-state index in [4.69, 9.17) is 9.15 Å². The number of carbonyl (C=O) groups is 1. The lowest BCUT2D eigenvalue weighted by Gasteiger charge is -2.36. The number of ether oxygens (including phenoxy) is 1. The predicted octanol–water partition coefficient (Wildman–Crippen LogP) is 2.66. The summed E-state index contributed by atoms with van der Waals surface area (Å²) in [5.41, 5.74) is 0. The summed E-state index contributed by atoms with van der Waals surface area (Å²) in [5, 5.41) is 3.54. The van der Waals surface area contributed by atoms with Gasteiger partial charge in [-0.25, -0.2) is 0 Å². The quantitative estimate of drug-likeness (QED) is 0.457. The summed E-state index contributed by atoms with van der Waals surface area (Å²) in [6.45, 7) is 6.79. The van der Waals surface area contributed by atoms with E-state index in [-0.39, 0.29) is 17.9 Å². The molecule has 7 nitrogen and oxygen atoms in total. The Morgan fingerprint density at radius 3 is 2.82 bits per heavy atom. The summed E-state index contributed by atoms with van der Waals surface area (Å²) < 4.78 is 11.0. The Kier molecular flexibility index (Phi) is 7.77. The Balaban J connectivity index is 1.62. The number of rotatable bonds is 6. The van der Waals surface area contributed by atoms with Gasteiger partial charge in [-0.15, -0.1) is 0 Å². The molecule has 2 aliphatic rings. The smallest absolute Gasteiger partial charge is 0.310 e. The monoisotopic (exact) mass is 390 g/mol. The minimum atomic E-state index is -0.0931. The molecule has 0 radical (unpaired) electrons. The first kappa shape index (κ1) is 20.7. The fraction of sp³-hybridized carbons (Fsp3) is 0.714. The summed E-state index contributed by atoms with van der Waals surface area (Å²) in [5.74, 6) is 1.68. The largest absolute Gasteiger partial charge is 0.468 e. The van der Waals surface area contributed by atoms with Gasteiger partial charge in [0.25, 0.3) is 0 Å². The average Bonchev–Trinajstić information content (AvgIpc) is 3.27. The third-order valence-electron chi connectivity index (χ3n) is 5.71. The molecule has 0 aliphatic carbocycles. The maximum atomic E-state index is 12.2. The Bertz CT molecular complexity index is 626. The number of piperidine rings is 2. The van der Waals surface area contributed by atoms with Crippen molar-refractivity contribution in [3.63, 3.8) is 0 Å². The second-order valence-corrected chi connectivity index (χ2v) is 7.59. The maximum Gasteiger partial charge on any atom is 0.310 e.